The van der Waals surface area contributed by atoms with Gasteiger partial charge >= 0.3 is 0 Å². The lowest BCUT2D eigenvalue weighted by Crippen LogP contribution is -2.48. The smallest absolute Gasteiger partial charge is 0.267 e. The molecule has 0 aromatic carbocycles. The van der Waals surface area contributed by atoms with Gasteiger partial charge in [0.2, 0.25) is 0 Å². The van der Waals surface area contributed by atoms with Crippen LogP contribution in [0.5, 0.6) is 0 Å². The molecule has 9 heteroatoms. The number of rotatable bonds is 4. The van der Waals surface area contributed by atoms with Gasteiger partial charge in [0.05, 0.1) is 23.8 Å². The zero-order chi connectivity index (χ0) is 20.0. The van der Waals surface area contributed by atoms with Crippen LogP contribution in [0.1, 0.15) is 23.5 Å². The second-order valence-corrected chi connectivity index (χ2v) is 7.96. The summed E-state index contributed by atoms with van der Waals surface area (Å²) in [5.74, 6) is 1.73. The Morgan fingerprint density at radius 3 is 2.72 bits per heavy atom. The predicted molar refractivity (Wildman–Crippen MR) is 110 cm³/mol. The van der Waals surface area contributed by atoms with Crippen LogP contribution in [0.15, 0.2) is 17.1 Å². The number of anilines is 1. The highest BCUT2D eigenvalue weighted by molar-refractivity contribution is 5.87. The molecule has 0 atom stereocenters. The Morgan fingerprint density at radius 1 is 1.07 bits per heavy atom. The van der Waals surface area contributed by atoms with Crippen LogP contribution in [0, 0.1) is 6.92 Å². The van der Waals surface area contributed by atoms with E-state index in [-0.39, 0.29) is 5.56 Å². The second-order valence-electron chi connectivity index (χ2n) is 7.96. The van der Waals surface area contributed by atoms with Gasteiger partial charge in [0.25, 0.3) is 5.56 Å². The Kier molecular flexibility index (Phi) is 4.54. The summed E-state index contributed by atoms with van der Waals surface area (Å²) in [6.07, 6.45) is 4.95. The Bertz CT molecular complexity index is 1110. The van der Waals surface area contributed by atoms with Gasteiger partial charge in [-0.25, -0.2) is 14.6 Å². The molecule has 3 aromatic heterocycles. The van der Waals surface area contributed by atoms with E-state index in [9.17, 15) is 4.79 Å². The van der Waals surface area contributed by atoms with E-state index < -0.39 is 0 Å². The van der Waals surface area contributed by atoms with Crippen molar-refractivity contribution in [1.29, 1.82) is 0 Å². The number of nitrogens with zero attached hydrogens (tertiary/aromatic N) is 8. The van der Waals surface area contributed by atoms with Crippen LogP contribution >= 0.6 is 0 Å². The summed E-state index contributed by atoms with van der Waals surface area (Å²) in [5.41, 5.74) is 3.15. The molecule has 0 spiro atoms. The molecule has 29 heavy (non-hydrogen) atoms. The molecule has 0 radical (unpaired) electrons. The van der Waals surface area contributed by atoms with Crippen molar-refractivity contribution in [2.24, 2.45) is 7.05 Å². The summed E-state index contributed by atoms with van der Waals surface area (Å²) in [4.78, 5) is 26.2. The molecule has 152 valence electrons. The molecular weight excluding hydrogens is 368 g/mol. The first-order valence-electron chi connectivity index (χ1n) is 10.3. The SMILES string of the molecule is Cc1nc(N2CCN(CCn3nc4c(cc3=O)CCC4)CC2)c2cnn(C)c2n1. The number of aromatic nitrogens is 6. The minimum atomic E-state index is 0.0275. The zero-order valence-corrected chi connectivity index (χ0v) is 17.0. The van der Waals surface area contributed by atoms with Crippen LogP contribution in [0.3, 0.4) is 0 Å². The molecule has 0 amide bonds. The van der Waals surface area contributed by atoms with E-state index >= 15 is 0 Å². The van der Waals surface area contributed by atoms with Gasteiger partial charge in [0.1, 0.15) is 11.6 Å². The summed E-state index contributed by atoms with van der Waals surface area (Å²) in [6.45, 7) is 7.07. The molecule has 1 aliphatic carbocycles. The average molecular weight is 394 g/mol. The molecule has 0 N–H and O–H groups in total. The minimum absolute atomic E-state index is 0.0275. The Hall–Kier alpha value is -2.81. The molecule has 2 aliphatic rings. The summed E-state index contributed by atoms with van der Waals surface area (Å²) in [7, 11) is 1.91. The fraction of sp³-hybridized carbons (Fsp3) is 0.550. The fourth-order valence-corrected chi connectivity index (χ4v) is 4.37. The fourth-order valence-electron chi connectivity index (χ4n) is 4.37. The topological polar surface area (TPSA) is 85.0 Å². The Labute approximate surface area is 169 Å². The van der Waals surface area contributed by atoms with E-state index in [0.717, 1.165) is 85.9 Å². The first kappa shape index (κ1) is 18.2. The van der Waals surface area contributed by atoms with Crippen molar-refractivity contribution < 1.29 is 0 Å². The summed E-state index contributed by atoms with van der Waals surface area (Å²) in [6, 6.07) is 1.78. The van der Waals surface area contributed by atoms with Crippen LogP contribution in [0.25, 0.3) is 11.0 Å². The Balaban J connectivity index is 1.24. The molecular formula is C20H26N8O. The standard InChI is InChI=1S/C20H26N8O/c1-14-22-19-16(13-21-25(19)2)20(23-14)27-9-6-26(7-10-27)8-11-28-18(29)12-15-4-3-5-17(15)24-28/h12-13H,3-11H2,1-2H3. The maximum absolute atomic E-state index is 12.3. The third-order valence-electron chi connectivity index (χ3n) is 6.01. The maximum Gasteiger partial charge on any atom is 0.267 e. The lowest BCUT2D eigenvalue weighted by Gasteiger charge is -2.35. The van der Waals surface area contributed by atoms with Gasteiger partial charge in [0, 0.05) is 45.8 Å². The van der Waals surface area contributed by atoms with Crippen LogP contribution in [0.4, 0.5) is 5.82 Å². The third kappa shape index (κ3) is 3.39. The van der Waals surface area contributed by atoms with E-state index in [1.165, 1.54) is 0 Å². The highest BCUT2D eigenvalue weighted by Gasteiger charge is 2.22. The van der Waals surface area contributed by atoms with Crippen molar-refractivity contribution in [3.8, 4) is 0 Å². The normalized spacial score (nSPS) is 17.2. The summed E-state index contributed by atoms with van der Waals surface area (Å²) in [5, 5.41) is 9.93. The van der Waals surface area contributed by atoms with Crippen molar-refractivity contribution >= 4 is 16.9 Å². The van der Waals surface area contributed by atoms with Gasteiger partial charge in [0.15, 0.2) is 5.65 Å². The van der Waals surface area contributed by atoms with Crippen molar-refractivity contribution in [1.82, 2.24) is 34.4 Å². The molecule has 1 aliphatic heterocycles. The quantitative estimate of drug-likeness (QED) is 0.638. The monoisotopic (exact) mass is 394 g/mol. The zero-order valence-electron chi connectivity index (χ0n) is 17.0. The first-order valence-corrected chi connectivity index (χ1v) is 10.3. The van der Waals surface area contributed by atoms with Gasteiger partial charge in [-0.2, -0.15) is 10.2 Å². The molecule has 1 fully saturated rings. The van der Waals surface area contributed by atoms with Gasteiger partial charge in [-0.1, -0.05) is 0 Å². The molecule has 9 nitrogen and oxygen atoms in total. The number of fused-ring (bicyclic) bond motifs is 2. The maximum atomic E-state index is 12.3. The van der Waals surface area contributed by atoms with Gasteiger partial charge in [-0.3, -0.25) is 14.4 Å². The van der Waals surface area contributed by atoms with E-state index in [2.05, 4.69) is 30.0 Å². The first-order chi connectivity index (χ1) is 14.1. The van der Waals surface area contributed by atoms with Gasteiger partial charge in [-0.05, 0) is 31.7 Å². The molecule has 1 saturated heterocycles. The van der Waals surface area contributed by atoms with E-state index in [4.69, 9.17) is 0 Å². The molecule has 3 aromatic rings. The van der Waals surface area contributed by atoms with Gasteiger partial charge < -0.3 is 4.90 Å². The number of aryl methyl sites for hydroxylation is 4. The summed E-state index contributed by atoms with van der Waals surface area (Å²) >= 11 is 0. The van der Waals surface area contributed by atoms with Crippen LogP contribution < -0.4 is 10.5 Å². The third-order valence-corrected chi connectivity index (χ3v) is 6.01. The Morgan fingerprint density at radius 2 is 1.90 bits per heavy atom. The average Bonchev–Trinajstić information content (AvgIpc) is 3.32. The predicted octanol–water partition coefficient (Wildman–Crippen LogP) is 0.539. The molecule has 5 rings (SSSR count). The van der Waals surface area contributed by atoms with Crippen molar-refractivity contribution in [3.05, 3.63) is 39.7 Å². The highest BCUT2D eigenvalue weighted by Crippen LogP contribution is 2.24. The number of piperazine rings is 1. The van der Waals surface area contributed by atoms with Crippen LogP contribution in [0.2, 0.25) is 0 Å². The summed E-state index contributed by atoms with van der Waals surface area (Å²) < 4.78 is 3.44. The minimum Gasteiger partial charge on any atom is -0.353 e. The lowest BCUT2D eigenvalue weighted by atomic mass is 10.2. The largest absolute Gasteiger partial charge is 0.353 e. The highest BCUT2D eigenvalue weighted by atomic mass is 16.1. The molecule has 0 saturated carbocycles. The van der Waals surface area contributed by atoms with E-state index in [0.29, 0.717) is 6.54 Å². The number of hydrogen-bond acceptors (Lipinski definition) is 7. The van der Waals surface area contributed by atoms with Crippen LogP contribution in [-0.2, 0) is 26.4 Å². The van der Waals surface area contributed by atoms with E-state index in [1.54, 1.807) is 15.4 Å². The van der Waals surface area contributed by atoms with E-state index in [1.807, 2.05) is 20.2 Å². The number of hydrogen-bond donors (Lipinski definition) is 0. The van der Waals surface area contributed by atoms with Crippen molar-refractivity contribution in [3.63, 3.8) is 0 Å². The van der Waals surface area contributed by atoms with Crippen molar-refractivity contribution in [2.45, 2.75) is 32.7 Å². The molecule has 4 heterocycles. The second kappa shape index (κ2) is 7.22. The molecule has 0 bridgehead atoms. The lowest BCUT2D eigenvalue weighted by molar-refractivity contribution is 0.242. The van der Waals surface area contributed by atoms with Crippen LogP contribution in [-0.4, -0.2) is 67.2 Å². The molecule has 0 unspecified atom stereocenters. The van der Waals surface area contributed by atoms with Crippen molar-refractivity contribution in [2.75, 3.05) is 37.6 Å². The van der Waals surface area contributed by atoms with Gasteiger partial charge in [-0.15, -0.1) is 0 Å².